The molecule has 4 aromatic rings. The highest BCUT2D eigenvalue weighted by atomic mass is 79.9. The Kier molecular flexibility index (Phi) is 5.50. The Morgan fingerprint density at radius 3 is 2.66 bits per heavy atom. The highest BCUT2D eigenvalue weighted by molar-refractivity contribution is 9.10. The van der Waals surface area contributed by atoms with Crippen LogP contribution in [0.3, 0.4) is 0 Å². The highest BCUT2D eigenvalue weighted by Gasteiger charge is 2.14. The summed E-state index contributed by atoms with van der Waals surface area (Å²) in [5.41, 5.74) is 2.85. The van der Waals surface area contributed by atoms with Gasteiger partial charge in [-0.2, -0.15) is 0 Å². The number of aromatic nitrogens is 1. The number of ether oxygens (including phenoxy) is 1. The minimum absolute atomic E-state index is 0.298. The van der Waals surface area contributed by atoms with Crippen LogP contribution >= 0.6 is 39.1 Å². The fraction of sp³-hybridized carbons (Fsp3) is 0.0476. The van der Waals surface area contributed by atoms with Gasteiger partial charge in [0, 0.05) is 15.7 Å². The number of carbonyl (C=O) groups is 1. The second kappa shape index (κ2) is 8.06. The summed E-state index contributed by atoms with van der Waals surface area (Å²) >= 11 is 15.8. The van der Waals surface area contributed by atoms with Crippen molar-refractivity contribution in [3.63, 3.8) is 0 Å². The maximum Gasteiger partial charge on any atom is 0.255 e. The van der Waals surface area contributed by atoms with E-state index in [9.17, 15) is 4.79 Å². The molecule has 146 valence electrons. The van der Waals surface area contributed by atoms with Crippen LogP contribution in [-0.4, -0.2) is 18.0 Å². The van der Waals surface area contributed by atoms with Crippen LogP contribution in [0, 0.1) is 0 Å². The van der Waals surface area contributed by atoms with Gasteiger partial charge in [-0.1, -0.05) is 39.1 Å². The molecule has 1 heterocycles. The zero-order valence-electron chi connectivity index (χ0n) is 15.0. The normalized spacial score (nSPS) is 10.9. The van der Waals surface area contributed by atoms with Gasteiger partial charge in [0.2, 0.25) is 5.89 Å². The number of oxazole rings is 1. The van der Waals surface area contributed by atoms with Crippen LogP contribution in [0.15, 0.2) is 63.5 Å². The largest absolute Gasteiger partial charge is 0.495 e. The minimum atomic E-state index is -0.298. The second-order valence-corrected chi connectivity index (χ2v) is 7.86. The van der Waals surface area contributed by atoms with Crippen LogP contribution in [0.4, 0.5) is 5.69 Å². The van der Waals surface area contributed by atoms with E-state index in [0.29, 0.717) is 49.6 Å². The van der Waals surface area contributed by atoms with Gasteiger partial charge in [0.15, 0.2) is 5.58 Å². The van der Waals surface area contributed by atoms with Gasteiger partial charge in [0.05, 0.1) is 22.7 Å². The van der Waals surface area contributed by atoms with Crippen LogP contribution in [0.1, 0.15) is 10.4 Å². The SMILES string of the molecule is COc1ccc(C(=O)Nc2ccc3oc(-c4cc(Br)ccc4Cl)nc3c2)cc1Cl. The lowest BCUT2D eigenvalue weighted by Crippen LogP contribution is -2.11. The van der Waals surface area contributed by atoms with Gasteiger partial charge in [-0.3, -0.25) is 4.79 Å². The number of nitrogens with one attached hydrogen (secondary N) is 1. The zero-order valence-corrected chi connectivity index (χ0v) is 18.1. The number of fused-ring (bicyclic) bond motifs is 1. The fourth-order valence-corrected chi connectivity index (χ4v) is 3.61. The lowest BCUT2D eigenvalue weighted by atomic mass is 10.2. The Hall–Kier alpha value is -2.54. The molecular weight excluding hydrogens is 479 g/mol. The predicted molar refractivity (Wildman–Crippen MR) is 118 cm³/mol. The molecule has 8 heteroatoms. The lowest BCUT2D eigenvalue weighted by Gasteiger charge is -2.07. The number of benzene rings is 3. The van der Waals surface area contributed by atoms with E-state index < -0.39 is 0 Å². The molecule has 0 unspecified atom stereocenters. The summed E-state index contributed by atoms with van der Waals surface area (Å²) in [5.74, 6) is 0.607. The van der Waals surface area contributed by atoms with Crippen molar-refractivity contribution in [1.29, 1.82) is 0 Å². The van der Waals surface area contributed by atoms with Crippen molar-refractivity contribution >= 4 is 61.8 Å². The van der Waals surface area contributed by atoms with E-state index in [1.165, 1.54) is 7.11 Å². The molecule has 1 amide bonds. The number of methoxy groups -OCH3 is 1. The van der Waals surface area contributed by atoms with Crippen LogP contribution in [0.2, 0.25) is 10.0 Å². The number of rotatable bonds is 4. The Bertz CT molecular complexity index is 1240. The van der Waals surface area contributed by atoms with Crippen molar-refractivity contribution < 1.29 is 13.9 Å². The third-order valence-electron chi connectivity index (χ3n) is 4.22. The molecule has 29 heavy (non-hydrogen) atoms. The van der Waals surface area contributed by atoms with Gasteiger partial charge in [0.25, 0.3) is 5.91 Å². The summed E-state index contributed by atoms with van der Waals surface area (Å²) in [5, 5.41) is 3.73. The number of carbonyl (C=O) groups excluding carboxylic acids is 1. The van der Waals surface area contributed by atoms with Crippen LogP contribution in [0.5, 0.6) is 5.75 Å². The van der Waals surface area contributed by atoms with Gasteiger partial charge in [-0.05, 0) is 54.6 Å². The molecule has 0 radical (unpaired) electrons. The summed E-state index contributed by atoms with van der Waals surface area (Å²) in [4.78, 5) is 17.0. The van der Waals surface area contributed by atoms with E-state index in [-0.39, 0.29) is 5.91 Å². The maximum absolute atomic E-state index is 12.5. The highest BCUT2D eigenvalue weighted by Crippen LogP contribution is 2.33. The molecule has 1 N–H and O–H groups in total. The number of halogens is 3. The van der Waals surface area contributed by atoms with Crippen molar-refractivity contribution in [1.82, 2.24) is 4.98 Å². The Morgan fingerprint density at radius 2 is 1.90 bits per heavy atom. The summed E-state index contributed by atoms with van der Waals surface area (Å²) in [6.07, 6.45) is 0. The van der Waals surface area contributed by atoms with Crippen molar-refractivity contribution in [3.05, 3.63) is 74.7 Å². The second-order valence-electron chi connectivity index (χ2n) is 6.13. The minimum Gasteiger partial charge on any atom is -0.495 e. The van der Waals surface area contributed by atoms with Crippen LogP contribution < -0.4 is 10.1 Å². The molecule has 0 spiro atoms. The number of nitrogens with zero attached hydrogens (tertiary/aromatic N) is 1. The number of anilines is 1. The first-order chi connectivity index (χ1) is 13.9. The van der Waals surface area contributed by atoms with Gasteiger partial charge in [-0.15, -0.1) is 0 Å². The molecule has 4 rings (SSSR count). The smallest absolute Gasteiger partial charge is 0.255 e. The molecule has 0 aliphatic heterocycles. The van der Waals surface area contributed by atoms with Gasteiger partial charge in [0.1, 0.15) is 11.3 Å². The number of hydrogen-bond donors (Lipinski definition) is 1. The number of hydrogen-bond acceptors (Lipinski definition) is 4. The Labute approximate surface area is 184 Å². The molecule has 0 aliphatic carbocycles. The van der Waals surface area contributed by atoms with Crippen LogP contribution in [-0.2, 0) is 0 Å². The van der Waals surface area contributed by atoms with Gasteiger partial charge >= 0.3 is 0 Å². The summed E-state index contributed by atoms with van der Waals surface area (Å²) in [7, 11) is 1.52. The molecule has 1 aromatic heterocycles. The first-order valence-electron chi connectivity index (χ1n) is 8.45. The van der Waals surface area contributed by atoms with Gasteiger partial charge in [-0.25, -0.2) is 4.98 Å². The Morgan fingerprint density at radius 1 is 1.07 bits per heavy atom. The molecular formula is C21H13BrCl2N2O3. The van der Waals surface area contributed by atoms with E-state index in [0.717, 1.165) is 4.47 Å². The molecule has 0 atom stereocenters. The molecule has 5 nitrogen and oxygen atoms in total. The van der Waals surface area contributed by atoms with Crippen LogP contribution in [0.25, 0.3) is 22.6 Å². The van der Waals surface area contributed by atoms with Crippen molar-refractivity contribution in [2.24, 2.45) is 0 Å². The fourth-order valence-electron chi connectivity index (χ4n) is 2.79. The first kappa shape index (κ1) is 19.8. The standard InChI is InChI=1S/C21H13BrCl2N2O3/c1-28-18-6-2-11(8-16(18)24)20(27)25-13-4-7-19-17(10-13)26-21(29-19)14-9-12(22)3-5-15(14)23/h2-10H,1H3,(H,25,27). The Balaban J connectivity index is 1.61. The summed E-state index contributed by atoms with van der Waals surface area (Å²) in [6, 6.07) is 15.5. The quantitative estimate of drug-likeness (QED) is 0.340. The molecule has 0 saturated heterocycles. The third-order valence-corrected chi connectivity index (χ3v) is 5.34. The average molecular weight is 492 g/mol. The summed E-state index contributed by atoms with van der Waals surface area (Å²) in [6.45, 7) is 0. The first-order valence-corrected chi connectivity index (χ1v) is 10.0. The predicted octanol–water partition coefficient (Wildman–Crippen LogP) is 6.83. The van der Waals surface area contributed by atoms with E-state index in [1.54, 1.807) is 42.5 Å². The lowest BCUT2D eigenvalue weighted by molar-refractivity contribution is 0.102. The van der Waals surface area contributed by atoms with Crippen molar-refractivity contribution in [2.45, 2.75) is 0 Å². The topological polar surface area (TPSA) is 64.4 Å². The molecule has 0 aliphatic rings. The van der Waals surface area contributed by atoms with Gasteiger partial charge < -0.3 is 14.5 Å². The van der Waals surface area contributed by atoms with E-state index >= 15 is 0 Å². The molecule has 0 fully saturated rings. The third kappa shape index (κ3) is 4.10. The average Bonchev–Trinajstić information content (AvgIpc) is 3.12. The maximum atomic E-state index is 12.5. The monoisotopic (exact) mass is 490 g/mol. The van der Waals surface area contributed by atoms with Crippen molar-refractivity contribution in [3.8, 4) is 17.2 Å². The van der Waals surface area contributed by atoms with E-state index in [4.69, 9.17) is 32.4 Å². The van der Waals surface area contributed by atoms with E-state index in [2.05, 4.69) is 26.2 Å². The number of amides is 1. The van der Waals surface area contributed by atoms with Crippen molar-refractivity contribution in [2.75, 3.05) is 12.4 Å². The molecule has 3 aromatic carbocycles. The molecule has 0 saturated carbocycles. The zero-order chi connectivity index (χ0) is 20.5. The summed E-state index contributed by atoms with van der Waals surface area (Å²) < 4.78 is 11.8. The molecule has 0 bridgehead atoms. The van der Waals surface area contributed by atoms with E-state index in [1.807, 2.05) is 12.1 Å².